The summed E-state index contributed by atoms with van der Waals surface area (Å²) in [6, 6.07) is 7.50. The molecule has 2 rings (SSSR count). The van der Waals surface area contributed by atoms with Crippen molar-refractivity contribution in [3.05, 3.63) is 29.8 Å². The summed E-state index contributed by atoms with van der Waals surface area (Å²) in [5.74, 6) is 0.386. The van der Waals surface area contributed by atoms with Crippen LogP contribution in [0.15, 0.2) is 24.3 Å². The Morgan fingerprint density at radius 3 is 2.38 bits per heavy atom. The average molecular weight is 360 g/mol. The number of nitrogens with one attached hydrogen (secondary N) is 1. The number of benzene rings is 1. The van der Waals surface area contributed by atoms with E-state index in [9.17, 15) is 9.59 Å². The molecule has 0 saturated heterocycles. The third kappa shape index (κ3) is 5.23. The van der Waals surface area contributed by atoms with Crippen molar-refractivity contribution in [3.63, 3.8) is 0 Å². The molecule has 1 fully saturated rings. The highest BCUT2D eigenvalue weighted by atomic mass is 16.5. The highest BCUT2D eigenvalue weighted by Crippen LogP contribution is 2.29. The van der Waals surface area contributed by atoms with Crippen molar-refractivity contribution in [1.29, 1.82) is 0 Å². The van der Waals surface area contributed by atoms with E-state index in [1.165, 1.54) is 6.42 Å². The van der Waals surface area contributed by atoms with Gasteiger partial charge in [-0.15, -0.1) is 0 Å². The molecule has 1 aromatic rings. The number of carbonyl (C=O) groups excluding carboxylic acids is 2. The second kappa shape index (κ2) is 9.60. The van der Waals surface area contributed by atoms with Gasteiger partial charge >= 0.3 is 5.97 Å². The van der Waals surface area contributed by atoms with E-state index in [1.54, 1.807) is 12.1 Å². The van der Waals surface area contributed by atoms with Gasteiger partial charge < -0.3 is 15.0 Å². The molecule has 5 heteroatoms. The molecule has 1 amide bonds. The van der Waals surface area contributed by atoms with E-state index in [1.807, 2.05) is 12.1 Å². The lowest BCUT2D eigenvalue weighted by atomic mass is 9.78. The van der Waals surface area contributed by atoms with Gasteiger partial charge in [-0.25, -0.2) is 4.79 Å². The van der Waals surface area contributed by atoms with Gasteiger partial charge in [0, 0.05) is 24.8 Å². The Balaban J connectivity index is 1.83. The number of hydrogen-bond acceptors (Lipinski definition) is 4. The number of anilines is 1. The Hall–Kier alpha value is -2.04. The van der Waals surface area contributed by atoms with Crippen molar-refractivity contribution in [1.82, 2.24) is 5.32 Å². The fraction of sp³-hybridized carbons (Fsp3) is 0.619. The Morgan fingerprint density at radius 2 is 1.77 bits per heavy atom. The smallest absolute Gasteiger partial charge is 0.338 e. The molecule has 0 aromatic heterocycles. The van der Waals surface area contributed by atoms with Gasteiger partial charge in [-0.2, -0.15) is 0 Å². The molecule has 0 aliphatic heterocycles. The first-order valence-electron chi connectivity index (χ1n) is 9.77. The van der Waals surface area contributed by atoms with Gasteiger partial charge in [0.1, 0.15) is 0 Å². The van der Waals surface area contributed by atoms with E-state index in [4.69, 9.17) is 4.74 Å². The summed E-state index contributed by atoms with van der Waals surface area (Å²) in [6.45, 7) is 10.2. The van der Waals surface area contributed by atoms with Gasteiger partial charge in [-0.1, -0.05) is 26.7 Å². The number of ether oxygens (including phenoxy) is 1. The summed E-state index contributed by atoms with van der Waals surface area (Å²) >= 11 is 0. The van der Waals surface area contributed by atoms with E-state index in [0.717, 1.165) is 31.6 Å². The quantitative estimate of drug-likeness (QED) is 0.755. The van der Waals surface area contributed by atoms with E-state index in [0.29, 0.717) is 17.4 Å². The second-order valence-electron chi connectivity index (χ2n) is 7.24. The zero-order chi connectivity index (χ0) is 19.1. The molecule has 1 N–H and O–H groups in total. The van der Waals surface area contributed by atoms with Crippen molar-refractivity contribution < 1.29 is 14.3 Å². The van der Waals surface area contributed by atoms with Crippen LogP contribution in [0.1, 0.15) is 57.3 Å². The van der Waals surface area contributed by atoms with Gasteiger partial charge in [-0.3, -0.25) is 4.79 Å². The minimum atomic E-state index is -0.462. The lowest BCUT2D eigenvalue weighted by Gasteiger charge is -2.34. The summed E-state index contributed by atoms with van der Waals surface area (Å²) in [6.07, 6.45) is 3.35. The third-order valence-corrected chi connectivity index (χ3v) is 5.62. The first-order chi connectivity index (χ1) is 12.5. The number of hydrogen-bond donors (Lipinski definition) is 1. The van der Waals surface area contributed by atoms with Crippen LogP contribution >= 0.6 is 0 Å². The predicted molar refractivity (Wildman–Crippen MR) is 104 cm³/mol. The molecule has 1 saturated carbocycles. The topological polar surface area (TPSA) is 58.6 Å². The summed E-state index contributed by atoms with van der Waals surface area (Å²) in [7, 11) is 0. The molecule has 0 unspecified atom stereocenters. The summed E-state index contributed by atoms with van der Waals surface area (Å²) in [5.41, 5.74) is 1.54. The molecule has 5 nitrogen and oxygen atoms in total. The molecule has 1 aromatic carbocycles. The third-order valence-electron chi connectivity index (χ3n) is 5.62. The van der Waals surface area contributed by atoms with E-state index in [2.05, 4.69) is 37.9 Å². The molecule has 0 radical (unpaired) electrons. The highest BCUT2D eigenvalue weighted by Gasteiger charge is 2.28. The van der Waals surface area contributed by atoms with Crippen molar-refractivity contribution >= 4 is 17.6 Å². The first-order valence-corrected chi connectivity index (χ1v) is 9.77. The molecule has 3 atom stereocenters. The molecular formula is C21H32N2O3. The minimum absolute atomic E-state index is 0.179. The summed E-state index contributed by atoms with van der Waals surface area (Å²) < 4.78 is 5.18. The molecule has 1 aliphatic rings. The van der Waals surface area contributed by atoms with Crippen LogP contribution in [0.3, 0.4) is 0 Å². The summed E-state index contributed by atoms with van der Waals surface area (Å²) in [4.78, 5) is 26.5. The van der Waals surface area contributed by atoms with Crippen LogP contribution in [0.4, 0.5) is 5.69 Å². The van der Waals surface area contributed by atoms with Gasteiger partial charge in [0.2, 0.25) is 0 Å². The van der Waals surface area contributed by atoms with Crippen LogP contribution < -0.4 is 10.2 Å². The van der Waals surface area contributed by atoms with Gasteiger partial charge in [0.25, 0.3) is 5.91 Å². The lowest BCUT2D eigenvalue weighted by Crippen LogP contribution is -2.45. The van der Waals surface area contributed by atoms with Crippen molar-refractivity contribution in [3.8, 4) is 0 Å². The monoisotopic (exact) mass is 360 g/mol. The number of esters is 1. The predicted octanol–water partition coefficient (Wildman–Crippen LogP) is 3.63. The molecule has 144 valence electrons. The molecule has 1 aliphatic carbocycles. The standard InChI is InChI=1S/C21H32N2O3/c1-5-23(6-2)18-12-10-17(11-13-18)21(25)26-14-20(24)22-19-9-7-8-15(3)16(19)4/h10-13,15-16,19H,5-9,14H2,1-4H3,(H,22,24)/t15-,16-,19-/m0/s1. The Kier molecular flexibility index (Phi) is 7.49. The molecule has 26 heavy (non-hydrogen) atoms. The number of carbonyl (C=O) groups is 2. The molecule has 0 bridgehead atoms. The van der Waals surface area contributed by atoms with E-state index >= 15 is 0 Å². The Morgan fingerprint density at radius 1 is 1.12 bits per heavy atom. The van der Waals surface area contributed by atoms with Crippen LogP contribution in [0.5, 0.6) is 0 Å². The zero-order valence-electron chi connectivity index (χ0n) is 16.5. The SMILES string of the molecule is CCN(CC)c1ccc(C(=O)OCC(=O)N[C@H]2CCC[C@H](C)[C@@H]2C)cc1. The van der Waals surface area contributed by atoms with Gasteiger partial charge in [0.15, 0.2) is 6.61 Å². The van der Waals surface area contributed by atoms with Crippen LogP contribution in [0.25, 0.3) is 0 Å². The largest absolute Gasteiger partial charge is 0.452 e. The maximum atomic E-state index is 12.2. The molecule has 0 heterocycles. The van der Waals surface area contributed by atoms with Crippen LogP contribution in [-0.4, -0.2) is 37.6 Å². The fourth-order valence-electron chi connectivity index (χ4n) is 3.65. The Bertz CT molecular complexity index is 596. The van der Waals surface area contributed by atoms with Crippen LogP contribution in [-0.2, 0) is 9.53 Å². The maximum absolute atomic E-state index is 12.2. The molecular weight excluding hydrogens is 328 g/mol. The number of amides is 1. The summed E-state index contributed by atoms with van der Waals surface area (Å²) in [5, 5.41) is 3.02. The maximum Gasteiger partial charge on any atom is 0.338 e. The normalized spacial score (nSPS) is 22.5. The van der Waals surface area contributed by atoms with Crippen molar-refractivity contribution in [2.45, 2.75) is 53.0 Å². The minimum Gasteiger partial charge on any atom is -0.452 e. The number of rotatable bonds is 7. The fourth-order valence-corrected chi connectivity index (χ4v) is 3.65. The van der Waals surface area contributed by atoms with Crippen molar-refractivity contribution in [2.24, 2.45) is 11.8 Å². The van der Waals surface area contributed by atoms with Crippen LogP contribution in [0, 0.1) is 11.8 Å². The zero-order valence-corrected chi connectivity index (χ0v) is 16.5. The average Bonchev–Trinajstić information content (AvgIpc) is 2.65. The van der Waals surface area contributed by atoms with Crippen LogP contribution in [0.2, 0.25) is 0 Å². The first kappa shape index (κ1) is 20.3. The van der Waals surface area contributed by atoms with Gasteiger partial charge in [0.05, 0.1) is 5.56 Å². The Labute approximate surface area is 157 Å². The van der Waals surface area contributed by atoms with Gasteiger partial charge in [-0.05, 0) is 56.4 Å². The highest BCUT2D eigenvalue weighted by molar-refractivity contribution is 5.91. The van der Waals surface area contributed by atoms with Crippen molar-refractivity contribution in [2.75, 3.05) is 24.6 Å². The van der Waals surface area contributed by atoms with E-state index < -0.39 is 5.97 Å². The number of nitrogens with zero attached hydrogens (tertiary/aromatic N) is 1. The van der Waals surface area contributed by atoms with E-state index in [-0.39, 0.29) is 18.6 Å². The second-order valence-corrected chi connectivity index (χ2v) is 7.24. The lowest BCUT2D eigenvalue weighted by molar-refractivity contribution is -0.125. The molecule has 0 spiro atoms.